The molecule has 0 aliphatic carbocycles. The van der Waals surface area contributed by atoms with Gasteiger partial charge in [-0.15, -0.1) is 0 Å². The van der Waals surface area contributed by atoms with E-state index < -0.39 is 0 Å². The van der Waals surface area contributed by atoms with Crippen LogP contribution in [0.2, 0.25) is 0 Å². The van der Waals surface area contributed by atoms with Crippen molar-refractivity contribution < 1.29 is 5.11 Å². The molecule has 5 nitrogen and oxygen atoms in total. The molecule has 2 rings (SSSR count). The Hall–Kier alpha value is -1.72. The van der Waals surface area contributed by atoms with E-state index in [-0.39, 0.29) is 0 Å². The van der Waals surface area contributed by atoms with E-state index in [0.29, 0.717) is 12.6 Å². The number of aromatic nitrogens is 3. The number of hydrogen-bond acceptors (Lipinski definition) is 4. The van der Waals surface area contributed by atoms with Crippen LogP contribution in [0.5, 0.6) is 0 Å². The minimum atomic E-state index is 0.291. The highest BCUT2D eigenvalue weighted by Gasteiger charge is 2.05. The molecule has 5 heteroatoms. The number of aliphatic hydroxyl groups excluding tert-OH is 1. The molecule has 2 N–H and O–H groups in total. The second-order valence-electron chi connectivity index (χ2n) is 4.89. The van der Waals surface area contributed by atoms with Crippen LogP contribution < -0.4 is 5.32 Å². The van der Waals surface area contributed by atoms with Crippen LogP contribution in [-0.4, -0.2) is 33.0 Å². The van der Waals surface area contributed by atoms with Gasteiger partial charge in [0.15, 0.2) is 0 Å². The molecule has 1 atom stereocenters. The maximum Gasteiger partial charge on any atom is 0.138 e. The Morgan fingerprint density at radius 2 is 2.00 bits per heavy atom. The minimum Gasteiger partial charge on any atom is -0.396 e. The summed E-state index contributed by atoms with van der Waals surface area (Å²) < 4.78 is 1.75. The number of unbranched alkanes of at least 4 members (excludes halogenated alkanes) is 2. The average molecular weight is 274 g/mol. The zero-order valence-electron chi connectivity index (χ0n) is 11.9. The van der Waals surface area contributed by atoms with E-state index in [0.717, 1.165) is 31.5 Å². The Kier molecular flexibility index (Phi) is 5.70. The summed E-state index contributed by atoms with van der Waals surface area (Å²) in [7, 11) is 0. The van der Waals surface area contributed by atoms with Crippen LogP contribution in [0.1, 0.15) is 37.8 Å². The predicted octanol–water partition coefficient (Wildman–Crippen LogP) is 2.08. The van der Waals surface area contributed by atoms with E-state index in [1.165, 1.54) is 11.9 Å². The third kappa shape index (κ3) is 4.15. The Morgan fingerprint density at radius 1 is 1.20 bits per heavy atom. The van der Waals surface area contributed by atoms with Crippen molar-refractivity contribution in [3.63, 3.8) is 0 Å². The zero-order valence-corrected chi connectivity index (χ0v) is 11.9. The van der Waals surface area contributed by atoms with Gasteiger partial charge in [-0.3, -0.25) is 0 Å². The monoisotopic (exact) mass is 274 g/mol. The fourth-order valence-corrected chi connectivity index (χ4v) is 2.11. The number of aliphatic hydroxyl groups is 1. The maximum absolute atomic E-state index is 8.73. The number of benzene rings is 1. The maximum atomic E-state index is 8.73. The van der Waals surface area contributed by atoms with E-state index in [4.69, 9.17) is 5.11 Å². The quantitative estimate of drug-likeness (QED) is 0.723. The normalized spacial score (nSPS) is 12.5. The van der Waals surface area contributed by atoms with Gasteiger partial charge in [-0.2, -0.15) is 5.10 Å². The fourth-order valence-electron chi connectivity index (χ4n) is 2.11. The number of nitrogens with zero attached hydrogens (tertiary/aromatic N) is 3. The van der Waals surface area contributed by atoms with Crippen LogP contribution >= 0.6 is 0 Å². The van der Waals surface area contributed by atoms with Gasteiger partial charge in [0, 0.05) is 12.6 Å². The van der Waals surface area contributed by atoms with E-state index in [1.54, 1.807) is 11.0 Å². The van der Waals surface area contributed by atoms with Crippen LogP contribution in [0.25, 0.3) is 5.69 Å². The van der Waals surface area contributed by atoms with Gasteiger partial charge in [0.1, 0.15) is 12.7 Å². The van der Waals surface area contributed by atoms with E-state index in [9.17, 15) is 0 Å². The molecule has 0 bridgehead atoms. The number of nitrogens with one attached hydrogen (secondary N) is 1. The lowest BCUT2D eigenvalue weighted by atomic mass is 10.1. The SMILES string of the molecule is CC(NCCCCCO)c1ccc(-n2cncn2)cc1. The molecular weight excluding hydrogens is 252 g/mol. The number of rotatable bonds is 8. The van der Waals surface area contributed by atoms with E-state index in [1.807, 2.05) is 12.1 Å². The van der Waals surface area contributed by atoms with E-state index in [2.05, 4.69) is 34.5 Å². The van der Waals surface area contributed by atoms with Crippen molar-refractivity contribution in [1.29, 1.82) is 0 Å². The molecule has 1 aromatic carbocycles. The van der Waals surface area contributed by atoms with Gasteiger partial charge < -0.3 is 10.4 Å². The van der Waals surface area contributed by atoms with Crippen molar-refractivity contribution in [3.05, 3.63) is 42.5 Å². The first-order chi connectivity index (χ1) is 9.81. The summed E-state index contributed by atoms with van der Waals surface area (Å²) >= 11 is 0. The molecule has 0 aliphatic rings. The van der Waals surface area contributed by atoms with Gasteiger partial charge in [0.2, 0.25) is 0 Å². The van der Waals surface area contributed by atoms with Crippen LogP contribution in [0.4, 0.5) is 0 Å². The summed E-state index contributed by atoms with van der Waals surface area (Å²) in [6, 6.07) is 8.65. The molecule has 1 aromatic heterocycles. The van der Waals surface area contributed by atoms with Crippen molar-refractivity contribution in [1.82, 2.24) is 20.1 Å². The van der Waals surface area contributed by atoms with Gasteiger partial charge >= 0.3 is 0 Å². The van der Waals surface area contributed by atoms with E-state index >= 15 is 0 Å². The molecule has 20 heavy (non-hydrogen) atoms. The van der Waals surface area contributed by atoms with Gasteiger partial charge in [-0.25, -0.2) is 9.67 Å². The third-order valence-electron chi connectivity index (χ3n) is 3.36. The molecule has 1 heterocycles. The minimum absolute atomic E-state index is 0.291. The van der Waals surface area contributed by atoms with Crippen molar-refractivity contribution in [3.8, 4) is 5.69 Å². The molecule has 2 aromatic rings. The van der Waals surface area contributed by atoms with Gasteiger partial charge in [0.05, 0.1) is 5.69 Å². The predicted molar refractivity (Wildman–Crippen MR) is 78.7 cm³/mol. The topological polar surface area (TPSA) is 63.0 Å². The molecule has 0 fully saturated rings. The molecule has 0 saturated heterocycles. The summed E-state index contributed by atoms with van der Waals surface area (Å²) in [5.41, 5.74) is 2.28. The first kappa shape index (κ1) is 14.7. The second kappa shape index (κ2) is 7.77. The van der Waals surface area contributed by atoms with Crippen LogP contribution in [0, 0.1) is 0 Å². The summed E-state index contributed by atoms with van der Waals surface area (Å²) in [4.78, 5) is 3.94. The summed E-state index contributed by atoms with van der Waals surface area (Å²) in [5, 5.41) is 16.3. The Labute approximate surface area is 119 Å². The van der Waals surface area contributed by atoms with Crippen LogP contribution in [0.15, 0.2) is 36.9 Å². The third-order valence-corrected chi connectivity index (χ3v) is 3.36. The molecule has 108 valence electrons. The lowest BCUT2D eigenvalue weighted by Gasteiger charge is -2.14. The van der Waals surface area contributed by atoms with Gasteiger partial charge in [0.25, 0.3) is 0 Å². The molecule has 0 spiro atoms. The summed E-state index contributed by atoms with van der Waals surface area (Å²) in [5.74, 6) is 0. The van der Waals surface area contributed by atoms with Crippen molar-refractivity contribution in [2.75, 3.05) is 13.2 Å². The van der Waals surface area contributed by atoms with Crippen molar-refractivity contribution >= 4 is 0 Å². The molecule has 1 unspecified atom stereocenters. The standard InChI is InChI=1S/C15H22N4O/c1-13(17-9-3-2-4-10-20)14-5-7-15(8-6-14)19-12-16-11-18-19/h5-8,11-13,17,20H,2-4,9-10H2,1H3. The Bertz CT molecular complexity index is 481. The zero-order chi connectivity index (χ0) is 14.2. The fraction of sp³-hybridized carbons (Fsp3) is 0.467. The molecule has 0 amide bonds. The Morgan fingerprint density at radius 3 is 2.65 bits per heavy atom. The molecule has 0 aliphatic heterocycles. The highest BCUT2D eigenvalue weighted by molar-refractivity contribution is 5.34. The lowest BCUT2D eigenvalue weighted by molar-refractivity contribution is 0.282. The van der Waals surface area contributed by atoms with Crippen molar-refractivity contribution in [2.24, 2.45) is 0 Å². The second-order valence-corrected chi connectivity index (χ2v) is 4.89. The average Bonchev–Trinajstić information content (AvgIpc) is 3.01. The van der Waals surface area contributed by atoms with Crippen LogP contribution in [0.3, 0.4) is 0 Å². The summed E-state index contributed by atoms with van der Waals surface area (Å²) in [6.07, 6.45) is 6.29. The molecule has 0 radical (unpaired) electrons. The number of hydrogen-bond donors (Lipinski definition) is 2. The van der Waals surface area contributed by atoms with Gasteiger partial charge in [-0.1, -0.05) is 12.1 Å². The largest absolute Gasteiger partial charge is 0.396 e. The Balaban J connectivity index is 1.83. The first-order valence-electron chi connectivity index (χ1n) is 7.10. The highest BCUT2D eigenvalue weighted by Crippen LogP contribution is 2.15. The van der Waals surface area contributed by atoms with Crippen molar-refractivity contribution in [2.45, 2.75) is 32.2 Å². The lowest BCUT2D eigenvalue weighted by Crippen LogP contribution is -2.19. The van der Waals surface area contributed by atoms with Gasteiger partial charge in [-0.05, 0) is 50.4 Å². The molecule has 0 saturated carbocycles. The smallest absolute Gasteiger partial charge is 0.138 e. The first-order valence-corrected chi connectivity index (χ1v) is 7.10. The molecular formula is C15H22N4O. The highest BCUT2D eigenvalue weighted by atomic mass is 16.2. The van der Waals surface area contributed by atoms with Crippen LogP contribution in [-0.2, 0) is 0 Å². The summed E-state index contributed by atoms with van der Waals surface area (Å²) in [6.45, 7) is 3.43.